The Kier molecular flexibility index (Phi) is 3.77. The zero-order valence-corrected chi connectivity index (χ0v) is 8.27. The van der Waals surface area contributed by atoms with E-state index in [1.807, 2.05) is 18.2 Å². The number of aliphatic hydroxyl groups is 1. The molecule has 2 heteroatoms. The van der Waals surface area contributed by atoms with Gasteiger partial charge >= 0.3 is 0 Å². The summed E-state index contributed by atoms with van der Waals surface area (Å²) < 4.78 is 0. The molecule has 0 aromatic heterocycles. The summed E-state index contributed by atoms with van der Waals surface area (Å²) in [7, 11) is 0. The highest BCUT2D eigenvalue weighted by atomic mass is 16.3. The number of rotatable bonds is 4. The topological polar surface area (TPSA) is 23.5 Å². The summed E-state index contributed by atoms with van der Waals surface area (Å²) >= 11 is 0. The first-order chi connectivity index (χ1) is 6.25. The van der Waals surface area contributed by atoms with E-state index >= 15 is 0 Å². The normalized spacial score (nSPS) is 10.5. The van der Waals surface area contributed by atoms with Crippen molar-refractivity contribution >= 4 is 5.69 Å². The lowest BCUT2D eigenvalue weighted by atomic mass is 10.2. The lowest BCUT2D eigenvalue weighted by Gasteiger charge is -2.28. The van der Waals surface area contributed by atoms with Gasteiger partial charge in [0.15, 0.2) is 0 Å². The van der Waals surface area contributed by atoms with Crippen LogP contribution in [0.25, 0.3) is 0 Å². The Morgan fingerprint density at radius 3 is 2.31 bits per heavy atom. The maximum Gasteiger partial charge on any atom is 0.0606 e. The van der Waals surface area contributed by atoms with Crippen LogP contribution in [-0.4, -0.2) is 24.3 Å². The van der Waals surface area contributed by atoms with Crippen LogP contribution in [0.3, 0.4) is 0 Å². The predicted molar refractivity (Wildman–Crippen MR) is 56.0 cm³/mol. The van der Waals surface area contributed by atoms with Gasteiger partial charge < -0.3 is 10.0 Å². The van der Waals surface area contributed by atoms with E-state index in [-0.39, 0.29) is 6.61 Å². The molecule has 0 amide bonds. The van der Waals surface area contributed by atoms with Gasteiger partial charge in [0.25, 0.3) is 0 Å². The molecule has 13 heavy (non-hydrogen) atoms. The summed E-state index contributed by atoms with van der Waals surface area (Å²) in [5.74, 6) is 0. The van der Waals surface area contributed by atoms with E-state index in [1.54, 1.807) is 0 Å². The molecule has 0 fully saturated rings. The van der Waals surface area contributed by atoms with Gasteiger partial charge in [-0.3, -0.25) is 0 Å². The highest BCUT2D eigenvalue weighted by Crippen LogP contribution is 2.15. The smallest absolute Gasteiger partial charge is 0.0606 e. The zero-order valence-electron chi connectivity index (χ0n) is 8.27. The molecule has 0 saturated carbocycles. The van der Waals surface area contributed by atoms with Gasteiger partial charge in [0.05, 0.1) is 6.61 Å². The summed E-state index contributed by atoms with van der Waals surface area (Å²) in [6.45, 7) is 5.15. The minimum absolute atomic E-state index is 0.201. The molecule has 1 rings (SSSR count). The molecule has 1 N–H and O–H groups in total. The Hall–Kier alpha value is -1.02. The average molecular weight is 179 g/mol. The fourth-order valence-corrected chi connectivity index (χ4v) is 1.41. The third-order valence-corrected chi connectivity index (χ3v) is 2.05. The summed E-state index contributed by atoms with van der Waals surface area (Å²) in [5.41, 5.74) is 1.17. The maximum atomic E-state index is 8.91. The number of hydrogen-bond acceptors (Lipinski definition) is 2. The van der Waals surface area contributed by atoms with Crippen LogP contribution in [0.15, 0.2) is 30.3 Å². The molecule has 0 saturated heterocycles. The number of hydrogen-bond donors (Lipinski definition) is 1. The van der Waals surface area contributed by atoms with Crippen molar-refractivity contribution < 1.29 is 5.11 Å². The molecule has 0 radical (unpaired) electrons. The molecule has 0 unspecified atom stereocenters. The Balaban J connectivity index is 2.76. The number of anilines is 1. The molecule has 0 atom stereocenters. The van der Waals surface area contributed by atoms with Crippen molar-refractivity contribution in [2.24, 2.45) is 0 Å². The molecule has 1 aromatic carbocycles. The molecular formula is C11H17NO. The number of benzene rings is 1. The third kappa shape index (κ3) is 2.74. The highest BCUT2D eigenvalue weighted by molar-refractivity contribution is 5.46. The Labute approximate surface area is 79.8 Å². The molecule has 72 valence electrons. The summed E-state index contributed by atoms with van der Waals surface area (Å²) in [4.78, 5) is 2.18. The van der Waals surface area contributed by atoms with Crippen LogP contribution in [0.5, 0.6) is 0 Å². The van der Waals surface area contributed by atoms with Crippen LogP contribution >= 0.6 is 0 Å². The lowest BCUT2D eigenvalue weighted by molar-refractivity contribution is 0.299. The van der Waals surface area contributed by atoms with E-state index in [9.17, 15) is 0 Å². The molecular weight excluding hydrogens is 162 g/mol. The zero-order chi connectivity index (χ0) is 9.68. The molecule has 0 aliphatic heterocycles. The van der Waals surface area contributed by atoms with Gasteiger partial charge in [0.2, 0.25) is 0 Å². The largest absolute Gasteiger partial charge is 0.395 e. The second kappa shape index (κ2) is 4.87. The number of para-hydroxylation sites is 1. The van der Waals surface area contributed by atoms with Crippen LogP contribution in [-0.2, 0) is 0 Å². The van der Waals surface area contributed by atoms with Crippen molar-refractivity contribution in [3.05, 3.63) is 30.3 Å². The monoisotopic (exact) mass is 179 g/mol. The van der Waals surface area contributed by atoms with Crippen LogP contribution in [0.1, 0.15) is 13.8 Å². The molecule has 0 aliphatic rings. The van der Waals surface area contributed by atoms with E-state index < -0.39 is 0 Å². The second-order valence-corrected chi connectivity index (χ2v) is 3.35. The first-order valence-electron chi connectivity index (χ1n) is 4.68. The quantitative estimate of drug-likeness (QED) is 0.763. The van der Waals surface area contributed by atoms with Gasteiger partial charge in [-0.1, -0.05) is 18.2 Å². The van der Waals surface area contributed by atoms with Crippen LogP contribution in [0, 0.1) is 0 Å². The van der Waals surface area contributed by atoms with E-state index in [4.69, 9.17) is 5.11 Å². The Morgan fingerprint density at radius 1 is 1.23 bits per heavy atom. The molecule has 2 nitrogen and oxygen atoms in total. The van der Waals surface area contributed by atoms with Crippen molar-refractivity contribution in [2.45, 2.75) is 19.9 Å². The van der Waals surface area contributed by atoms with E-state index in [2.05, 4.69) is 30.9 Å². The van der Waals surface area contributed by atoms with Crippen molar-refractivity contribution in [2.75, 3.05) is 18.1 Å². The predicted octanol–water partition coefficient (Wildman–Crippen LogP) is 1.89. The van der Waals surface area contributed by atoms with Crippen LogP contribution in [0.4, 0.5) is 5.69 Å². The molecule has 0 heterocycles. The second-order valence-electron chi connectivity index (χ2n) is 3.35. The lowest BCUT2D eigenvalue weighted by Crippen LogP contribution is -2.33. The van der Waals surface area contributed by atoms with Gasteiger partial charge in [0.1, 0.15) is 0 Å². The summed E-state index contributed by atoms with van der Waals surface area (Å²) in [6, 6.07) is 10.6. The van der Waals surface area contributed by atoms with E-state index in [1.165, 1.54) is 5.69 Å². The summed E-state index contributed by atoms with van der Waals surface area (Å²) in [5, 5.41) is 8.91. The van der Waals surface area contributed by atoms with Gasteiger partial charge in [0, 0.05) is 18.3 Å². The van der Waals surface area contributed by atoms with Gasteiger partial charge in [-0.15, -0.1) is 0 Å². The third-order valence-electron chi connectivity index (χ3n) is 2.05. The van der Waals surface area contributed by atoms with Crippen molar-refractivity contribution in [1.29, 1.82) is 0 Å². The highest BCUT2D eigenvalue weighted by Gasteiger charge is 2.08. The van der Waals surface area contributed by atoms with Crippen molar-refractivity contribution in [3.63, 3.8) is 0 Å². The first-order valence-corrected chi connectivity index (χ1v) is 4.68. The summed E-state index contributed by atoms with van der Waals surface area (Å²) in [6.07, 6.45) is 0. The molecule has 0 aliphatic carbocycles. The van der Waals surface area contributed by atoms with Crippen molar-refractivity contribution in [1.82, 2.24) is 0 Å². The fraction of sp³-hybridized carbons (Fsp3) is 0.455. The molecule has 1 aromatic rings. The molecule has 0 bridgehead atoms. The van der Waals surface area contributed by atoms with Gasteiger partial charge in [-0.25, -0.2) is 0 Å². The first kappa shape index (κ1) is 10.1. The number of aliphatic hydroxyl groups excluding tert-OH is 1. The van der Waals surface area contributed by atoms with E-state index in [0.29, 0.717) is 12.6 Å². The fourth-order valence-electron chi connectivity index (χ4n) is 1.41. The Bertz CT molecular complexity index is 233. The van der Waals surface area contributed by atoms with E-state index in [0.717, 1.165) is 0 Å². The standard InChI is InChI=1S/C11H17NO/c1-10(2)12(8-9-13)11-6-4-3-5-7-11/h3-7,10,13H,8-9H2,1-2H3. The minimum Gasteiger partial charge on any atom is -0.395 e. The maximum absolute atomic E-state index is 8.91. The van der Waals surface area contributed by atoms with Gasteiger partial charge in [-0.05, 0) is 26.0 Å². The van der Waals surface area contributed by atoms with Crippen LogP contribution in [0.2, 0.25) is 0 Å². The Morgan fingerprint density at radius 2 is 1.85 bits per heavy atom. The SMILES string of the molecule is CC(C)N(CCO)c1ccccc1. The minimum atomic E-state index is 0.201. The van der Waals surface area contributed by atoms with Gasteiger partial charge in [-0.2, -0.15) is 0 Å². The number of nitrogens with zero attached hydrogens (tertiary/aromatic N) is 1. The van der Waals surface area contributed by atoms with Crippen LogP contribution < -0.4 is 4.90 Å². The van der Waals surface area contributed by atoms with Crippen molar-refractivity contribution in [3.8, 4) is 0 Å². The average Bonchev–Trinajstić information content (AvgIpc) is 2.15. The molecule has 0 spiro atoms.